The molecule has 1 amide bonds. The Labute approximate surface area is 186 Å². The summed E-state index contributed by atoms with van der Waals surface area (Å²) in [4.78, 5) is 27.3. The van der Waals surface area contributed by atoms with Gasteiger partial charge in [0, 0.05) is 39.8 Å². The molecule has 5 heteroatoms. The molecule has 0 aliphatic carbocycles. The van der Waals surface area contributed by atoms with Gasteiger partial charge in [-0.15, -0.1) is 0 Å². The largest absolute Gasteiger partial charge is 0.308 e. The number of aryl methyl sites for hydroxylation is 2. The molecule has 0 bridgehead atoms. The topological polar surface area (TPSA) is 37.4 Å². The van der Waals surface area contributed by atoms with Crippen LogP contribution in [0.2, 0.25) is 10.0 Å². The van der Waals surface area contributed by atoms with Crippen LogP contribution in [-0.2, 0) is 12.8 Å². The van der Waals surface area contributed by atoms with Gasteiger partial charge in [0.1, 0.15) is 0 Å². The fourth-order valence-corrected chi connectivity index (χ4v) is 4.24. The highest BCUT2D eigenvalue weighted by molar-refractivity contribution is 6.31. The van der Waals surface area contributed by atoms with E-state index in [2.05, 4.69) is 6.07 Å². The molecule has 3 nitrogen and oxygen atoms in total. The van der Waals surface area contributed by atoms with Crippen molar-refractivity contribution in [2.24, 2.45) is 0 Å². The molecule has 0 spiro atoms. The van der Waals surface area contributed by atoms with Crippen LogP contribution in [0.5, 0.6) is 0 Å². The first kappa shape index (κ1) is 20.6. The minimum atomic E-state index is -0.0395. The molecule has 0 unspecified atom stereocenters. The number of halogens is 2. The third-order valence-electron chi connectivity index (χ3n) is 5.37. The second-order valence-corrected chi connectivity index (χ2v) is 8.34. The van der Waals surface area contributed by atoms with Crippen molar-refractivity contribution in [1.29, 1.82) is 0 Å². The summed E-state index contributed by atoms with van der Waals surface area (Å²) in [6, 6.07) is 20.2. The maximum Gasteiger partial charge on any atom is 0.258 e. The molecule has 1 aliphatic rings. The molecule has 30 heavy (non-hydrogen) atoms. The molecule has 0 radical (unpaired) electrons. The van der Waals surface area contributed by atoms with Crippen LogP contribution >= 0.6 is 23.2 Å². The number of fused-ring (bicyclic) bond motifs is 1. The van der Waals surface area contributed by atoms with E-state index in [1.165, 1.54) is 0 Å². The SMILES string of the molecule is O=C(CCc1ccc2c(c1)CCCN2C(=O)c1cccc(Cl)c1)c1cccc(Cl)c1. The number of benzene rings is 3. The number of nitrogens with zero attached hydrogens (tertiary/aromatic N) is 1. The smallest absolute Gasteiger partial charge is 0.258 e. The molecule has 3 aromatic carbocycles. The maximum atomic E-state index is 13.0. The highest BCUT2D eigenvalue weighted by Crippen LogP contribution is 2.30. The molecule has 0 fully saturated rings. The van der Waals surface area contributed by atoms with E-state index in [-0.39, 0.29) is 11.7 Å². The summed E-state index contributed by atoms with van der Waals surface area (Å²) < 4.78 is 0. The van der Waals surface area contributed by atoms with E-state index in [9.17, 15) is 9.59 Å². The van der Waals surface area contributed by atoms with Crippen molar-refractivity contribution >= 4 is 40.6 Å². The van der Waals surface area contributed by atoms with Crippen LogP contribution in [0.3, 0.4) is 0 Å². The number of Topliss-reactive ketones (excluding diaryl/α,β-unsaturated/α-hetero) is 1. The van der Waals surface area contributed by atoms with Crippen LogP contribution in [-0.4, -0.2) is 18.2 Å². The summed E-state index contributed by atoms with van der Waals surface area (Å²) in [5, 5.41) is 1.12. The number of carbonyl (C=O) groups is 2. The Morgan fingerprint density at radius 2 is 1.57 bits per heavy atom. The predicted octanol–water partition coefficient (Wildman–Crippen LogP) is 6.40. The minimum absolute atomic E-state index is 0.0395. The number of anilines is 1. The Morgan fingerprint density at radius 1 is 0.867 bits per heavy atom. The normalized spacial score (nSPS) is 13.1. The first-order valence-corrected chi connectivity index (χ1v) is 10.7. The number of hydrogen-bond acceptors (Lipinski definition) is 2. The third kappa shape index (κ3) is 4.58. The number of carbonyl (C=O) groups excluding carboxylic acids is 2. The molecule has 152 valence electrons. The van der Waals surface area contributed by atoms with E-state index in [4.69, 9.17) is 23.2 Å². The number of ketones is 1. The van der Waals surface area contributed by atoms with Crippen LogP contribution < -0.4 is 4.90 Å². The lowest BCUT2D eigenvalue weighted by Gasteiger charge is -2.30. The molecule has 0 aromatic heterocycles. The monoisotopic (exact) mass is 437 g/mol. The first-order valence-electron chi connectivity index (χ1n) is 9.99. The van der Waals surface area contributed by atoms with Gasteiger partial charge in [-0.3, -0.25) is 9.59 Å². The number of amides is 1. The van der Waals surface area contributed by atoms with Crippen molar-refractivity contribution in [3.8, 4) is 0 Å². The van der Waals surface area contributed by atoms with Gasteiger partial charge in [-0.1, -0.05) is 53.5 Å². The lowest BCUT2D eigenvalue weighted by molar-refractivity contribution is 0.0976. The van der Waals surface area contributed by atoms with Crippen LogP contribution in [0.15, 0.2) is 66.7 Å². The molecule has 0 N–H and O–H groups in total. The molecule has 1 heterocycles. The number of hydrogen-bond donors (Lipinski definition) is 0. The van der Waals surface area contributed by atoms with Gasteiger partial charge in [-0.2, -0.15) is 0 Å². The average molecular weight is 438 g/mol. The van der Waals surface area contributed by atoms with Crippen molar-refractivity contribution in [3.63, 3.8) is 0 Å². The Morgan fingerprint density at radius 3 is 2.30 bits per heavy atom. The average Bonchev–Trinajstić information content (AvgIpc) is 2.76. The standard InChI is InChI=1S/C25H21Cl2NO2/c26-21-7-1-4-19(15-21)24(29)12-10-17-9-11-23-18(14-17)6-3-13-28(23)25(30)20-5-2-8-22(27)16-20/h1-2,4-5,7-9,11,14-16H,3,6,10,12-13H2. The molecule has 4 rings (SSSR count). The zero-order valence-corrected chi connectivity index (χ0v) is 17.9. The van der Waals surface area contributed by atoms with Gasteiger partial charge in [-0.05, 0) is 66.8 Å². The Bertz CT molecular complexity index is 1110. The van der Waals surface area contributed by atoms with E-state index in [0.717, 1.165) is 29.7 Å². The Balaban J connectivity index is 1.49. The fourth-order valence-electron chi connectivity index (χ4n) is 3.86. The maximum absolute atomic E-state index is 13.0. The summed E-state index contributed by atoms with van der Waals surface area (Å²) in [6.07, 6.45) is 2.90. The van der Waals surface area contributed by atoms with E-state index in [1.807, 2.05) is 17.0 Å². The van der Waals surface area contributed by atoms with Crippen molar-refractivity contribution in [2.45, 2.75) is 25.7 Å². The van der Waals surface area contributed by atoms with E-state index in [0.29, 0.717) is 40.6 Å². The summed E-state index contributed by atoms with van der Waals surface area (Å²) in [5.74, 6) is 0.0373. The molecule has 0 atom stereocenters. The van der Waals surface area contributed by atoms with Crippen LogP contribution in [0.1, 0.15) is 44.7 Å². The van der Waals surface area contributed by atoms with E-state index < -0.39 is 0 Å². The second kappa shape index (κ2) is 9.03. The molecular weight excluding hydrogens is 417 g/mol. The second-order valence-electron chi connectivity index (χ2n) is 7.47. The van der Waals surface area contributed by atoms with Gasteiger partial charge in [0.05, 0.1) is 0 Å². The van der Waals surface area contributed by atoms with Gasteiger partial charge in [0.2, 0.25) is 0 Å². The van der Waals surface area contributed by atoms with Crippen molar-refractivity contribution in [2.75, 3.05) is 11.4 Å². The third-order valence-corrected chi connectivity index (χ3v) is 5.84. The van der Waals surface area contributed by atoms with E-state index in [1.54, 1.807) is 48.5 Å². The Kier molecular flexibility index (Phi) is 6.21. The zero-order valence-electron chi connectivity index (χ0n) is 16.4. The summed E-state index contributed by atoms with van der Waals surface area (Å²) >= 11 is 12.0. The van der Waals surface area contributed by atoms with Crippen molar-refractivity contribution in [1.82, 2.24) is 0 Å². The predicted molar refractivity (Wildman–Crippen MR) is 122 cm³/mol. The van der Waals surface area contributed by atoms with Gasteiger partial charge in [0.15, 0.2) is 5.78 Å². The summed E-state index contributed by atoms with van der Waals surface area (Å²) in [7, 11) is 0. The zero-order chi connectivity index (χ0) is 21.1. The summed E-state index contributed by atoms with van der Waals surface area (Å²) in [5.41, 5.74) is 4.41. The molecule has 3 aromatic rings. The minimum Gasteiger partial charge on any atom is -0.308 e. The van der Waals surface area contributed by atoms with Crippen molar-refractivity contribution in [3.05, 3.63) is 99.0 Å². The van der Waals surface area contributed by atoms with Crippen LogP contribution in [0.4, 0.5) is 5.69 Å². The Hall–Kier alpha value is -2.62. The van der Waals surface area contributed by atoms with Crippen molar-refractivity contribution < 1.29 is 9.59 Å². The van der Waals surface area contributed by atoms with Gasteiger partial charge >= 0.3 is 0 Å². The quantitative estimate of drug-likeness (QED) is 0.432. The highest BCUT2D eigenvalue weighted by Gasteiger charge is 2.24. The first-order chi connectivity index (χ1) is 14.5. The van der Waals surface area contributed by atoms with Gasteiger partial charge in [0.25, 0.3) is 5.91 Å². The van der Waals surface area contributed by atoms with Crippen LogP contribution in [0.25, 0.3) is 0 Å². The number of rotatable bonds is 5. The highest BCUT2D eigenvalue weighted by atomic mass is 35.5. The van der Waals surface area contributed by atoms with E-state index >= 15 is 0 Å². The fraction of sp³-hybridized carbons (Fsp3) is 0.200. The summed E-state index contributed by atoms with van der Waals surface area (Å²) in [6.45, 7) is 0.685. The lowest BCUT2D eigenvalue weighted by Crippen LogP contribution is -2.35. The molecule has 1 aliphatic heterocycles. The van der Waals surface area contributed by atoms with Gasteiger partial charge < -0.3 is 4.90 Å². The van der Waals surface area contributed by atoms with Crippen LogP contribution in [0, 0.1) is 0 Å². The molecule has 0 saturated heterocycles. The molecular formula is C25H21Cl2NO2. The van der Waals surface area contributed by atoms with Gasteiger partial charge in [-0.25, -0.2) is 0 Å². The molecule has 0 saturated carbocycles. The lowest BCUT2D eigenvalue weighted by atomic mass is 9.95.